The van der Waals surface area contributed by atoms with Crippen LogP contribution in [0.25, 0.3) is 0 Å². The number of halogens is 1. The maximum absolute atomic E-state index is 12.2. The molecule has 0 spiro atoms. The fraction of sp³-hybridized carbons (Fsp3) is 0.357. The summed E-state index contributed by atoms with van der Waals surface area (Å²) >= 11 is 7.32. The van der Waals surface area contributed by atoms with Gasteiger partial charge in [-0.2, -0.15) is 0 Å². The van der Waals surface area contributed by atoms with Crippen LogP contribution in [0.2, 0.25) is 5.02 Å². The molecule has 1 fully saturated rings. The number of hydrogen-bond donors (Lipinski definition) is 1. The van der Waals surface area contributed by atoms with Gasteiger partial charge in [-0.1, -0.05) is 28.2 Å². The fourth-order valence-electron chi connectivity index (χ4n) is 2.12. The van der Waals surface area contributed by atoms with Gasteiger partial charge in [0.15, 0.2) is 0 Å². The van der Waals surface area contributed by atoms with Crippen LogP contribution in [0.15, 0.2) is 18.2 Å². The molecule has 0 unspecified atom stereocenters. The molecular formula is C14H14ClN3OS. The average Bonchev–Trinajstić information content (AvgIpc) is 3.15. The lowest BCUT2D eigenvalue weighted by molar-refractivity contribution is 0.0954. The predicted octanol–water partition coefficient (Wildman–Crippen LogP) is 3.31. The third kappa shape index (κ3) is 2.69. The Morgan fingerprint density at radius 1 is 1.50 bits per heavy atom. The second-order valence-corrected chi connectivity index (χ2v) is 6.14. The lowest BCUT2D eigenvalue weighted by Gasteiger charge is -2.09. The van der Waals surface area contributed by atoms with Crippen molar-refractivity contribution < 1.29 is 4.79 Å². The molecule has 20 heavy (non-hydrogen) atoms. The Hall–Kier alpha value is -1.46. The van der Waals surface area contributed by atoms with Crippen LogP contribution >= 0.6 is 23.1 Å². The summed E-state index contributed by atoms with van der Waals surface area (Å²) in [6.45, 7) is 2.41. The number of benzene rings is 1. The van der Waals surface area contributed by atoms with Crippen LogP contribution in [0.1, 0.15) is 45.3 Å². The molecule has 0 saturated heterocycles. The molecule has 1 heterocycles. The maximum Gasteiger partial charge on any atom is 0.265 e. The summed E-state index contributed by atoms with van der Waals surface area (Å²) in [5.41, 5.74) is 2.87. The van der Waals surface area contributed by atoms with Crippen LogP contribution in [-0.2, 0) is 6.54 Å². The maximum atomic E-state index is 12.2. The predicted molar refractivity (Wildman–Crippen MR) is 79.2 cm³/mol. The van der Waals surface area contributed by atoms with Crippen molar-refractivity contribution in [2.75, 3.05) is 0 Å². The second kappa shape index (κ2) is 5.50. The summed E-state index contributed by atoms with van der Waals surface area (Å²) in [5, 5.41) is 7.66. The van der Waals surface area contributed by atoms with E-state index in [9.17, 15) is 4.79 Å². The molecule has 6 heteroatoms. The largest absolute Gasteiger partial charge is 0.347 e. The highest BCUT2D eigenvalue weighted by molar-refractivity contribution is 7.08. The van der Waals surface area contributed by atoms with E-state index in [4.69, 9.17) is 11.6 Å². The third-order valence-electron chi connectivity index (χ3n) is 3.46. The molecule has 1 aliphatic rings. The van der Waals surface area contributed by atoms with Gasteiger partial charge in [0, 0.05) is 17.5 Å². The molecule has 0 aliphatic heterocycles. The highest BCUT2D eigenvalue weighted by atomic mass is 35.5. The van der Waals surface area contributed by atoms with Crippen LogP contribution in [0.3, 0.4) is 0 Å². The number of carbonyl (C=O) groups is 1. The van der Waals surface area contributed by atoms with Crippen molar-refractivity contribution in [2.45, 2.75) is 32.2 Å². The van der Waals surface area contributed by atoms with E-state index >= 15 is 0 Å². The van der Waals surface area contributed by atoms with E-state index in [-0.39, 0.29) is 5.91 Å². The SMILES string of the molecule is Cc1cccc(Cl)c1CNC(=O)c1snnc1C1CC1. The number of aryl methyl sites for hydroxylation is 1. The van der Waals surface area contributed by atoms with Crippen molar-refractivity contribution >= 4 is 29.0 Å². The first-order valence-corrected chi connectivity index (χ1v) is 7.66. The van der Waals surface area contributed by atoms with Gasteiger partial charge in [-0.05, 0) is 48.5 Å². The van der Waals surface area contributed by atoms with Gasteiger partial charge in [-0.3, -0.25) is 4.79 Å². The Morgan fingerprint density at radius 2 is 2.30 bits per heavy atom. The highest BCUT2D eigenvalue weighted by Gasteiger charge is 2.31. The molecule has 104 valence electrons. The van der Waals surface area contributed by atoms with Crippen molar-refractivity contribution in [3.8, 4) is 0 Å². The summed E-state index contributed by atoms with van der Waals surface area (Å²) in [4.78, 5) is 12.9. The van der Waals surface area contributed by atoms with Crippen LogP contribution in [0.5, 0.6) is 0 Å². The quantitative estimate of drug-likeness (QED) is 0.943. The van der Waals surface area contributed by atoms with Crippen molar-refractivity contribution in [1.29, 1.82) is 0 Å². The van der Waals surface area contributed by atoms with E-state index in [0.717, 1.165) is 41.2 Å². The Balaban J connectivity index is 1.72. The Bertz CT molecular complexity index is 631. The molecule has 1 aliphatic carbocycles. The summed E-state index contributed by atoms with van der Waals surface area (Å²) in [6, 6.07) is 5.72. The molecule has 2 aromatic rings. The van der Waals surface area contributed by atoms with Gasteiger partial charge in [-0.25, -0.2) is 0 Å². The van der Waals surface area contributed by atoms with E-state index in [2.05, 4.69) is 14.9 Å². The number of carbonyl (C=O) groups excluding carboxylic acids is 1. The van der Waals surface area contributed by atoms with Gasteiger partial charge in [0.05, 0.1) is 5.69 Å². The van der Waals surface area contributed by atoms with Crippen molar-refractivity contribution in [3.05, 3.63) is 44.9 Å². The lowest BCUT2D eigenvalue weighted by atomic mass is 10.1. The number of aromatic nitrogens is 2. The minimum Gasteiger partial charge on any atom is -0.347 e. The number of amides is 1. The molecule has 1 aromatic carbocycles. The Morgan fingerprint density at radius 3 is 3.00 bits per heavy atom. The zero-order valence-corrected chi connectivity index (χ0v) is 12.6. The van der Waals surface area contributed by atoms with E-state index in [1.54, 1.807) is 0 Å². The zero-order valence-electron chi connectivity index (χ0n) is 11.0. The summed E-state index contributed by atoms with van der Waals surface area (Å²) in [7, 11) is 0. The van der Waals surface area contributed by atoms with Gasteiger partial charge in [-0.15, -0.1) is 5.10 Å². The summed E-state index contributed by atoms with van der Waals surface area (Å²) in [5.74, 6) is 0.317. The van der Waals surface area contributed by atoms with Gasteiger partial charge < -0.3 is 5.32 Å². The van der Waals surface area contributed by atoms with Crippen molar-refractivity contribution in [2.24, 2.45) is 0 Å². The topological polar surface area (TPSA) is 54.9 Å². The lowest BCUT2D eigenvalue weighted by Crippen LogP contribution is -2.23. The highest BCUT2D eigenvalue weighted by Crippen LogP contribution is 2.41. The number of hydrogen-bond acceptors (Lipinski definition) is 4. The summed E-state index contributed by atoms with van der Waals surface area (Å²) < 4.78 is 3.90. The fourth-order valence-corrected chi connectivity index (χ4v) is 3.07. The first-order chi connectivity index (χ1) is 9.66. The van der Waals surface area contributed by atoms with Crippen LogP contribution in [0, 0.1) is 6.92 Å². The molecule has 1 N–H and O–H groups in total. The smallest absolute Gasteiger partial charge is 0.265 e. The first kappa shape index (κ1) is 13.5. The third-order valence-corrected chi connectivity index (χ3v) is 4.56. The van der Waals surface area contributed by atoms with Gasteiger partial charge in [0.1, 0.15) is 4.88 Å². The van der Waals surface area contributed by atoms with Gasteiger partial charge in [0.25, 0.3) is 5.91 Å². The van der Waals surface area contributed by atoms with E-state index in [1.807, 2.05) is 25.1 Å². The van der Waals surface area contributed by atoms with E-state index in [1.165, 1.54) is 0 Å². The van der Waals surface area contributed by atoms with Crippen LogP contribution in [-0.4, -0.2) is 15.5 Å². The molecule has 0 radical (unpaired) electrons. The normalized spacial score (nSPS) is 14.3. The molecule has 1 saturated carbocycles. The second-order valence-electron chi connectivity index (χ2n) is 4.98. The molecular weight excluding hydrogens is 294 g/mol. The van der Waals surface area contributed by atoms with Gasteiger partial charge in [0.2, 0.25) is 0 Å². The summed E-state index contributed by atoms with van der Waals surface area (Å²) in [6.07, 6.45) is 2.21. The minimum atomic E-state index is -0.110. The average molecular weight is 308 g/mol. The number of nitrogens with one attached hydrogen (secondary N) is 1. The van der Waals surface area contributed by atoms with E-state index in [0.29, 0.717) is 22.4 Å². The zero-order chi connectivity index (χ0) is 14.1. The first-order valence-electron chi connectivity index (χ1n) is 6.51. The Kier molecular flexibility index (Phi) is 3.72. The standard InChI is InChI=1S/C14H14ClN3OS/c1-8-3-2-4-11(15)10(8)7-16-14(19)13-12(9-5-6-9)17-18-20-13/h2-4,9H,5-7H2,1H3,(H,16,19). The molecule has 0 bridgehead atoms. The van der Waals surface area contributed by atoms with Crippen molar-refractivity contribution in [1.82, 2.24) is 14.9 Å². The van der Waals surface area contributed by atoms with Gasteiger partial charge >= 0.3 is 0 Å². The number of rotatable bonds is 4. The van der Waals surface area contributed by atoms with E-state index < -0.39 is 0 Å². The molecule has 4 nitrogen and oxygen atoms in total. The minimum absolute atomic E-state index is 0.110. The van der Waals surface area contributed by atoms with Crippen LogP contribution < -0.4 is 5.32 Å². The molecule has 1 amide bonds. The Labute approximate surface area is 126 Å². The molecule has 3 rings (SSSR count). The monoisotopic (exact) mass is 307 g/mol. The van der Waals surface area contributed by atoms with Crippen molar-refractivity contribution in [3.63, 3.8) is 0 Å². The number of nitrogens with zero attached hydrogens (tertiary/aromatic N) is 2. The molecule has 1 aromatic heterocycles. The van der Waals surface area contributed by atoms with Crippen LogP contribution in [0.4, 0.5) is 0 Å². The molecule has 0 atom stereocenters.